The highest BCUT2D eigenvalue weighted by Crippen LogP contribution is 2.39. The van der Waals surface area contributed by atoms with Crippen molar-refractivity contribution in [3.05, 3.63) is 60.4 Å². The van der Waals surface area contributed by atoms with Gasteiger partial charge < -0.3 is 4.40 Å². The minimum atomic E-state index is -2.64. The van der Waals surface area contributed by atoms with Crippen molar-refractivity contribution in [3.8, 4) is 28.5 Å². The van der Waals surface area contributed by atoms with E-state index in [1.54, 1.807) is 28.8 Å². The van der Waals surface area contributed by atoms with Crippen LogP contribution in [0.5, 0.6) is 0 Å². The standard InChI is InChI=1S/C24H22F2N6/c1-24(7-2-3-8-24)15-32-13-17(12-28-32)19-5-4-18(11-27)29-22(19)16-6-9-31-14-20(23(25)26)30-21(31)10-16/h4-6,9-10,12-14,23H,2-3,7-8,15H2,1H3. The summed E-state index contributed by atoms with van der Waals surface area (Å²) in [5, 5.41) is 13.9. The number of aromatic nitrogens is 5. The molecule has 0 bridgehead atoms. The maximum atomic E-state index is 13.1. The van der Waals surface area contributed by atoms with Gasteiger partial charge in [0.25, 0.3) is 6.43 Å². The first-order valence-electron chi connectivity index (χ1n) is 10.7. The number of pyridine rings is 2. The molecule has 4 aromatic heterocycles. The highest BCUT2D eigenvalue weighted by molar-refractivity contribution is 5.81. The molecular weight excluding hydrogens is 410 g/mol. The molecule has 6 nitrogen and oxygen atoms in total. The fourth-order valence-electron chi connectivity index (χ4n) is 4.60. The number of alkyl halides is 2. The summed E-state index contributed by atoms with van der Waals surface area (Å²) in [4.78, 5) is 8.55. The van der Waals surface area contributed by atoms with Crippen LogP contribution >= 0.6 is 0 Å². The Morgan fingerprint density at radius 2 is 1.94 bits per heavy atom. The van der Waals surface area contributed by atoms with Crippen LogP contribution < -0.4 is 0 Å². The van der Waals surface area contributed by atoms with Gasteiger partial charge in [-0.2, -0.15) is 10.4 Å². The molecule has 0 aromatic carbocycles. The van der Waals surface area contributed by atoms with Gasteiger partial charge in [-0.15, -0.1) is 0 Å². The highest BCUT2D eigenvalue weighted by Gasteiger charge is 2.29. The molecule has 1 aliphatic carbocycles. The minimum Gasteiger partial charge on any atom is -0.307 e. The van der Waals surface area contributed by atoms with Crippen molar-refractivity contribution in [1.29, 1.82) is 5.26 Å². The van der Waals surface area contributed by atoms with Crippen molar-refractivity contribution >= 4 is 5.65 Å². The van der Waals surface area contributed by atoms with Crippen molar-refractivity contribution in [1.82, 2.24) is 24.1 Å². The number of halogens is 2. The maximum absolute atomic E-state index is 13.1. The third kappa shape index (κ3) is 3.75. The highest BCUT2D eigenvalue weighted by atomic mass is 19.3. The first kappa shape index (κ1) is 20.3. The lowest BCUT2D eigenvalue weighted by molar-refractivity contribution is 0.147. The zero-order chi connectivity index (χ0) is 22.3. The number of imidazole rings is 1. The number of rotatable bonds is 5. The van der Waals surface area contributed by atoms with Crippen LogP contribution in [0.2, 0.25) is 0 Å². The Morgan fingerprint density at radius 3 is 2.69 bits per heavy atom. The molecule has 0 aliphatic heterocycles. The summed E-state index contributed by atoms with van der Waals surface area (Å²) in [6.07, 6.45) is 9.12. The molecule has 4 heterocycles. The SMILES string of the molecule is CC1(Cn2cc(-c3ccc(C#N)nc3-c3ccn4cc(C(F)F)nc4c3)cn2)CCCC1. The van der Waals surface area contributed by atoms with Gasteiger partial charge in [0, 0.05) is 41.8 Å². The second-order valence-electron chi connectivity index (χ2n) is 8.80. The zero-order valence-electron chi connectivity index (χ0n) is 17.7. The lowest BCUT2D eigenvalue weighted by Crippen LogP contribution is -2.19. The van der Waals surface area contributed by atoms with Crippen molar-refractivity contribution in [3.63, 3.8) is 0 Å². The van der Waals surface area contributed by atoms with Gasteiger partial charge in [0.2, 0.25) is 0 Å². The fraction of sp³-hybridized carbons (Fsp3) is 0.333. The van der Waals surface area contributed by atoms with E-state index in [0.29, 0.717) is 16.9 Å². The van der Waals surface area contributed by atoms with Crippen molar-refractivity contribution in [2.75, 3.05) is 0 Å². The molecule has 1 saturated carbocycles. The van der Waals surface area contributed by atoms with E-state index >= 15 is 0 Å². The van der Waals surface area contributed by atoms with E-state index in [9.17, 15) is 14.0 Å². The third-order valence-electron chi connectivity index (χ3n) is 6.28. The third-order valence-corrected chi connectivity index (χ3v) is 6.28. The van der Waals surface area contributed by atoms with E-state index < -0.39 is 6.43 Å². The van der Waals surface area contributed by atoms with Crippen LogP contribution in [0.15, 0.2) is 49.1 Å². The largest absolute Gasteiger partial charge is 0.307 e. The van der Waals surface area contributed by atoms with Crippen LogP contribution in [0.3, 0.4) is 0 Å². The van der Waals surface area contributed by atoms with Crippen LogP contribution in [0, 0.1) is 16.7 Å². The molecule has 0 radical (unpaired) electrons. The molecule has 4 aromatic rings. The Morgan fingerprint density at radius 1 is 1.12 bits per heavy atom. The van der Waals surface area contributed by atoms with E-state index in [2.05, 4.69) is 28.1 Å². The van der Waals surface area contributed by atoms with Crippen molar-refractivity contribution < 1.29 is 8.78 Å². The molecular formula is C24H22F2N6. The molecule has 162 valence electrons. The molecule has 0 N–H and O–H groups in total. The van der Waals surface area contributed by atoms with Gasteiger partial charge in [-0.05, 0) is 42.5 Å². The molecule has 1 aliphatic rings. The monoisotopic (exact) mass is 432 g/mol. The molecule has 0 unspecified atom stereocenters. The van der Waals surface area contributed by atoms with Crippen LogP contribution in [-0.2, 0) is 6.54 Å². The average Bonchev–Trinajstić information content (AvgIpc) is 3.52. The summed E-state index contributed by atoms with van der Waals surface area (Å²) in [7, 11) is 0. The van der Waals surface area contributed by atoms with E-state index in [1.165, 1.54) is 31.9 Å². The first-order valence-corrected chi connectivity index (χ1v) is 10.7. The van der Waals surface area contributed by atoms with Gasteiger partial charge in [-0.25, -0.2) is 18.7 Å². The second kappa shape index (κ2) is 7.83. The summed E-state index contributed by atoms with van der Waals surface area (Å²) in [6, 6.07) is 9.12. The van der Waals surface area contributed by atoms with Gasteiger partial charge in [-0.1, -0.05) is 19.8 Å². The Labute approximate surface area is 184 Å². The van der Waals surface area contributed by atoms with Crippen molar-refractivity contribution in [2.45, 2.75) is 45.6 Å². The Bertz CT molecular complexity index is 1320. The average molecular weight is 432 g/mol. The second-order valence-corrected chi connectivity index (χ2v) is 8.80. The first-order chi connectivity index (χ1) is 15.4. The van der Waals surface area contributed by atoms with E-state index in [1.807, 2.05) is 23.1 Å². The number of hydrogen-bond donors (Lipinski definition) is 0. The molecule has 0 spiro atoms. The fourth-order valence-corrected chi connectivity index (χ4v) is 4.60. The molecule has 0 atom stereocenters. The van der Waals surface area contributed by atoms with Gasteiger partial charge in [-0.3, -0.25) is 4.68 Å². The molecule has 8 heteroatoms. The number of hydrogen-bond acceptors (Lipinski definition) is 4. The molecule has 0 amide bonds. The van der Waals surface area contributed by atoms with Crippen LogP contribution in [0.25, 0.3) is 28.0 Å². The summed E-state index contributed by atoms with van der Waals surface area (Å²) >= 11 is 0. The summed E-state index contributed by atoms with van der Waals surface area (Å²) in [5.74, 6) is 0. The minimum absolute atomic E-state index is 0.267. The smallest absolute Gasteiger partial charge is 0.281 e. The Hall–Kier alpha value is -3.60. The summed E-state index contributed by atoms with van der Waals surface area (Å²) in [5.41, 5.74) is 3.70. The van der Waals surface area contributed by atoms with Crippen molar-refractivity contribution in [2.24, 2.45) is 5.41 Å². The lowest BCUT2D eigenvalue weighted by Gasteiger charge is -2.22. The van der Waals surface area contributed by atoms with E-state index in [0.717, 1.165) is 17.7 Å². The van der Waals surface area contributed by atoms with E-state index in [-0.39, 0.29) is 16.8 Å². The topological polar surface area (TPSA) is 71.8 Å². The maximum Gasteiger partial charge on any atom is 0.281 e. The molecule has 0 saturated heterocycles. The van der Waals surface area contributed by atoms with Crippen LogP contribution in [-0.4, -0.2) is 24.1 Å². The lowest BCUT2D eigenvalue weighted by atomic mass is 9.89. The molecule has 1 fully saturated rings. The number of fused-ring (bicyclic) bond motifs is 1. The molecule has 5 rings (SSSR count). The Balaban J connectivity index is 1.55. The Kier molecular flexibility index (Phi) is 4.97. The summed E-state index contributed by atoms with van der Waals surface area (Å²) in [6.45, 7) is 3.17. The van der Waals surface area contributed by atoms with Crippen LogP contribution in [0.4, 0.5) is 8.78 Å². The van der Waals surface area contributed by atoms with Crippen LogP contribution in [0.1, 0.15) is 50.4 Å². The molecule has 32 heavy (non-hydrogen) atoms. The quantitative estimate of drug-likeness (QED) is 0.409. The normalized spacial score (nSPS) is 15.5. The van der Waals surface area contributed by atoms with Gasteiger partial charge in [0.15, 0.2) is 0 Å². The predicted molar refractivity (Wildman–Crippen MR) is 116 cm³/mol. The number of nitriles is 1. The van der Waals surface area contributed by atoms with Gasteiger partial charge in [0.1, 0.15) is 23.1 Å². The zero-order valence-corrected chi connectivity index (χ0v) is 17.7. The number of nitrogens with zero attached hydrogens (tertiary/aromatic N) is 6. The summed E-state index contributed by atoms with van der Waals surface area (Å²) < 4.78 is 29.6. The van der Waals surface area contributed by atoms with E-state index in [4.69, 9.17) is 0 Å². The predicted octanol–water partition coefficient (Wildman–Crippen LogP) is 5.65. The van der Waals surface area contributed by atoms with Gasteiger partial charge in [0.05, 0.1) is 11.9 Å². The van der Waals surface area contributed by atoms with Gasteiger partial charge >= 0.3 is 0 Å².